The molecule has 1 aromatic heterocycles. The first-order valence-electron chi connectivity index (χ1n) is 6.81. The quantitative estimate of drug-likeness (QED) is 0.861. The van der Waals surface area contributed by atoms with Crippen molar-refractivity contribution >= 4 is 21.4 Å². The molecular formula is C12H21N3O3S2. The van der Waals surface area contributed by atoms with Crippen LogP contribution in [0.2, 0.25) is 0 Å². The molecule has 2 atom stereocenters. The molecule has 2 heterocycles. The van der Waals surface area contributed by atoms with E-state index in [4.69, 9.17) is 5.73 Å². The van der Waals surface area contributed by atoms with E-state index in [0.29, 0.717) is 24.7 Å². The molecule has 1 fully saturated rings. The molecule has 3 N–H and O–H groups in total. The van der Waals surface area contributed by atoms with Gasteiger partial charge in [-0.2, -0.15) is 4.31 Å². The summed E-state index contributed by atoms with van der Waals surface area (Å²) < 4.78 is 27.0. The largest absolute Gasteiger partial charge is 0.329 e. The SMILES string of the molecule is CCC1CCN(S(=O)(=O)c2sc(=O)[nH]c2C)C(CN)C1. The Hall–Kier alpha value is -0.700. The number of aryl methyl sites for hydroxylation is 1. The maximum absolute atomic E-state index is 12.7. The Bertz CT molecular complexity index is 620. The molecule has 1 aromatic rings. The first-order chi connectivity index (χ1) is 9.40. The number of piperidine rings is 1. The van der Waals surface area contributed by atoms with Gasteiger partial charge in [-0.15, -0.1) is 0 Å². The molecule has 114 valence electrons. The number of nitrogens with one attached hydrogen (secondary N) is 1. The molecule has 0 saturated carbocycles. The fourth-order valence-corrected chi connectivity index (χ4v) is 5.83. The predicted molar refractivity (Wildman–Crippen MR) is 79.4 cm³/mol. The summed E-state index contributed by atoms with van der Waals surface area (Å²) in [7, 11) is -3.62. The summed E-state index contributed by atoms with van der Waals surface area (Å²) in [5.74, 6) is 0.529. The van der Waals surface area contributed by atoms with E-state index < -0.39 is 10.0 Å². The van der Waals surface area contributed by atoms with Gasteiger partial charge in [-0.05, 0) is 25.7 Å². The number of nitrogens with zero attached hydrogens (tertiary/aromatic N) is 1. The van der Waals surface area contributed by atoms with Crippen molar-refractivity contribution < 1.29 is 8.42 Å². The zero-order valence-corrected chi connectivity index (χ0v) is 13.4. The van der Waals surface area contributed by atoms with Crippen LogP contribution in [0, 0.1) is 12.8 Å². The highest BCUT2D eigenvalue weighted by Crippen LogP contribution is 2.31. The van der Waals surface area contributed by atoms with Crippen LogP contribution < -0.4 is 10.6 Å². The third-order valence-electron chi connectivity index (χ3n) is 3.94. The Kier molecular flexibility index (Phi) is 4.68. The van der Waals surface area contributed by atoms with Crippen molar-refractivity contribution in [3.8, 4) is 0 Å². The zero-order chi connectivity index (χ0) is 14.9. The molecule has 0 amide bonds. The summed E-state index contributed by atoms with van der Waals surface area (Å²) >= 11 is 0.752. The van der Waals surface area contributed by atoms with Crippen LogP contribution in [0.25, 0.3) is 0 Å². The Morgan fingerprint density at radius 1 is 1.50 bits per heavy atom. The molecule has 1 saturated heterocycles. The zero-order valence-electron chi connectivity index (χ0n) is 11.8. The molecule has 8 heteroatoms. The molecule has 1 aliphatic rings. The summed E-state index contributed by atoms with van der Waals surface area (Å²) in [5, 5.41) is 0. The smallest absolute Gasteiger partial charge is 0.305 e. The number of hydrogen-bond donors (Lipinski definition) is 2. The topological polar surface area (TPSA) is 96.3 Å². The van der Waals surface area contributed by atoms with Crippen LogP contribution in [0.4, 0.5) is 0 Å². The first-order valence-corrected chi connectivity index (χ1v) is 9.07. The minimum Gasteiger partial charge on any atom is -0.329 e. The van der Waals surface area contributed by atoms with Gasteiger partial charge in [-0.1, -0.05) is 24.7 Å². The number of H-pyrrole nitrogens is 1. The monoisotopic (exact) mass is 319 g/mol. The maximum atomic E-state index is 12.7. The molecule has 0 radical (unpaired) electrons. The van der Waals surface area contributed by atoms with Gasteiger partial charge in [0, 0.05) is 24.8 Å². The van der Waals surface area contributed by atoms with E-state index in [0.717, 1.165) is 30.6 Å². The summed E-state index contributed by atoms with van der Waals surface area (Å²) in [6.07, 6.45) is 2.69. The van der Waals surface area contributed by atoms with Crippen molar-refractivity contribution in [2.45, 2.75) is 43.4 Å². The normalized spacial score (nSPS) is 24.9. The standard InChI is InChI=1S/C12H21N3O3S2/c1-3-9-4-5-15(10(6-9)7-13)20(17,18)11-8(2)14-12(16)19-11/h9-10H,3-7,13H2,1-2H3,(H,14,16). The third kappa shape index (κ3) is 2.83. The van der Waals surface area contributed by atoms with Crippen molar-refractivity contribution in [2.75, 3.05) is 13.1 Å². The average molecular weight is 319 g/mol. The minimum atomic E-state index is -3.62. The number of aromatic nitrogens is 1. The second-order valence-corrected chi connectivity index (χ2v) is 8.30. The lowest BCUT2D eigenvalue weighted by molar-refractivity contribution is 0.198. The molecule has 6 nitrogen and oxygen atoms in total. The summed E-state index contributed by atoms with van der Waals surface area (Å²) in [6, 6.07) is -0.171. The summed E-state index contributed by atoms with van der Waals surface area (Å²) in [6.45, 7) is 4.52. The average Bonchev–Trinajstić information content (AvgIpc) is 2.77. The van der Waals surface area contributed by atoms with Gasteiger partial charge in [0.1, 0.15) is 0 Å². The van der Waals surface area contributed by atoms with Crippen LogP contribution >= 0.6 is 11.3 Å². The van der Waals surface area contributed by atoms with E-state index in [9.17, 15) is 13.2 Å². The van der Waals surface area contributed by atoms with Crippen LogP contribution in [0.5, 0.6) is 0 Å². The van der Waals surface area contributed by atoms with Gasteiger partial charge in [-0.3, -0.25) is 4.79 Å². The highest BCUT2D eigenvalue weighted by molar-refractivity contribution is 7.91. The number of hydrogen-bond acceptors (Lipinski definition) is 5. The van der Waals surface area contributed by atoms with E-state index in [-0.39, 0.29) is 15.1 Å². The van der Waals surface area contributed by atoms with Crippen molar-refractivity contribution in [1.29, 1.82) is 0 Å². The Labute approximate surface area is 123 Å². The predicted octanol–water partition coefficient (Wildman–Crippen LogP) is 0.883. The fourth-order valence-electron chi connectivity index (χ4n) is 2.76. The number of aromatic amines is 1. The molecule has 0 bridgehead atoms. The minimum absolute atomic E-state index is 0.121. The first kappa shape index (κ1) is 15.7. The van der Waals surface area contributed by atoms with Crippen molar-refractivity contribution in [2.24, 2.45) is 11.7 Å². The second kappa shape index (κ2) is 5.97. The molecule has 1 aliphatic heterocycles. The van der Waals surface area contributed by atoms with Crippen LogP contribution in [-0.4, -0.2) is 36.8 Å². The number of thiazole rings is 1. The van der Waals surface area contributed by atoms with Gasteiger partial charge < -0.3 is 10.7 Å². The van der Waals surface area contributed by atoms with Crippen molar-refractivity contribution in [3.05, 3.63) is 15.4 Å². The van der Waals surface area contributed by atoms with Gasteiger partial charge >= 0.3 is 4.87 Å². The molecule has 2 rings (SSSR count). The molecule has 2 unspecified atom stereocenters. The highest BCUT2D eigenvalue weighted by atomic mass is 32.2. The second-order valence-electron chi connectivity index (χ2n) is 5.23. The van der Waals surface area contributed by atoms with Gasteiger partial charge in [0.15, 0.2) is 4.21 Å². The van der Waals surface area contributed by atoms with Gasteiger partial charge in [0.05, 0.1) is 0 Å². The number of sulfonamides is 1. The third-order valence-corrected chi connectivity index (χ3v) is 7.48. The van der Waals surface area contributed by atoms with E-state index in [2.05, 4.69) is 11.9 Å². The van der Waals surface area contributed by atoms with Crippen LogP contribution in [-0.2, 0) is 10.0 Å². The Balaban J connectivity index is 2.34. The number of rotatable bonds is 4. The van der Waals surface area contributed by atoms with E-state index in [1.807, 2.05) is 0 Å². The molecule has 20 heavy (non-hydrogen) atoms. The lowest BCUT2D eigenvalue weighted by Gasteiger charge is -2.37. The van der Waals surface area contributed by atoms with Gasteiger partial charge in [0.2, 0.25) is 0 Å². The van der Waals surface area contributed by atoms with Crippen molar-refractivity contribution in [1.82, 2.24) is 9.29 Å². The van der Waals surface area contributed by atoms with Crippen LogP contribution in [0.15, 0.2) is 9.00 Å². The molecule has 0 aromatic carbocycles. The van der Waals surface area contributed by atoms with Gasteiger partial charge in [-0.25, -0.2) is 8.42 Å². The van der Waals surface area contributed by atoms with Crippen LogP contribution in [0.1, 0.15) is 31.9 Å². The number of nitrogens with two attached hydrogens (primary N) is 1. The molecule has 0 aliphatic carbocycles. The lowest BCUT2D eigenvalue weighted by Crippen LogP contribution is -2.49. The Morgan fingerprint density at radius 2 is 2.20 bits per heavy atom. The Morgan fingerprint density at radius 3 is 2.70 bits per heavy atom. The molecular weight excluding hydrogens is 298 g/mol. The molecule has 0 spiro atoms. The van der Waals surface area contributed by atoms with Crippen LogP contribution in [0.3, 0.4) is 0 Å². The fraction of sp³-hybridized carbons (Fsp3) is 0.750. The highest BCUT2D eigenvalue weighted by Gasteiger charge is 2.37. The van der Waals surface area contributed by atoms with E-state index >= 15 is 0 Å². The van der Waals surface area contributed by atoms with E-state index in [1.165, 1.54) is 4.31 Å². The maximum Gasteiger partial charge on any atom is 0.305 e. The summed E-state index contributed by atoms with van der Waals surface area (Å²) in [4.78, 5) is 13.5. The summed E-state index contributed by atoms with van der Waals surface area (Å²) in [5.41, 5.74) is 6.17. The van der Waals surface area contributed by atoms with Crippen molar-refractivity contribution in [3.63, 3.8) is 0 Å². The lowest BCUT2D eigenvalue weighted by atomic mass is 9.90. The van der Waals surface area contributed by atoms with E-state index in [1.54, 1.807) is 6.92 Å². The van der Waals surface area contributed by atoms with Gasteiger partial charge in [0.25, 0.3) is 10.0 Å².